The van der Waals surface area contributed by atoms with Crippen LogP contribution in [0.5, 0.6) is 0 Å². The first-order chi connectivity index (χ1) is 12.0. The van der Waals surface area contributed by atoms with Crippen LogP contribution in [0.3, 0.4) is 0 Å². The number of ether oxygens (including phenoxy) is 1. The van der Waals surface area contributed by atoms with Gasteiger partial charge in [-0.2, -0.15) is 0 Å². The molecule has 2 aliphatic rings. The summed E-state index contributed by atoms with van der Waals surface area (Å²) in [5, 5.41) is 0.512. The second-order valence-corrected chi connectivity index (χ2v) is 7.83. The smallest absolute Gasteiger partial charge is 0.338 e. The maximum atomic E-state index is 12.9. The zero-order valence-corrected chi connectivity index (χ0v) is 16.2. The lowest BCUT2D eigenvalue weighted by atomic mass is 9.94. The van der Waals surface area contributed by atoms with E-state index in [1.54, 1.807) is 23.6 Å². The van der Waals surface area contributed by atoms with Gasteiger partial charge < -0.3 is 4.74 Å². The van der Waals surface area contributed by atoms with Crippen LogP contribution in [0.2, 0.25) is 0 Å². The second-order valence-electron chi connectivity index (χ2n) is 5.78. The number of hydrogen-bond acceptors (Lipinski definition) is 6. The molecule has 132 valence electrons. The molecule has 0 aromatic heterocycles. The molecule has 1 aromatic rings. The zero-order chi connectivity index (χ0) is 18.1. The van der Waals surface area contributed by atoms with Gasteiger partial charge in [0.1, 0.15) is 0 Å². The predicted octanol–water partition coefficient (Wildman–Crippen LogP) is 3.62. The maximum absolute atomic E-state index is 12.9. The molecule has 2 aliphatic heterocycles. The molecule has 1 fully saturated rings. The average molecular weight is 377 g/mol. The first-order valence-corrected chi connectivity index (χ1v) is 10.1. The molecule has 1 saturated heterocycles. The Bertz CT molecular complexity index is 771. The Labute approximate surface area is 155 Å². The topological polar surface area (TPSA) is 59.0 Å². The highest BCUT2D eigenvalue weighted by Gasteiger charge is 2.47. The second kappa shape index (κ2) is 7.25. The SMILES string of the molecule is CC[C@H]1SC2=NC(C)=C(C(=O)OC)[C@@H](c3ccc(SC)cc3)N2C1=O. The lowest BCUT2D eigenvalue weighted by molar-refractivity contribution is -0.137. The van der Waals surface area contributed by atoms with E-state index in [1.165, 1.54) is 18.9 Å². The first-order valence-electron chi connectivity index (χ1n) is 8.03. The van der Waals surface area contributed by atoms with Crippen LogP contribution in [-0.4, -0.2) is 40.6 Å². The van der Waals surface area contributed by atoms with Crippen molar-refractivity contribution in [2.24, 2.45) is 4.99 Å². The van der Waals surface area contributed by atoms with Crippen molar-refractivity contribution in [3.05, 3.63) is 41.1 Å². The summed E-state index contributed by atoms with van der Waals surface area (Å²) in [6.07, 6.45) is 2.74. The molecule has 0 unspecified atom stereocenters. The van der Waals surface area contributed by atoms with Crippen LogP contribution in [0.4, 0.5) is 0 Å². The highest BCUT2D eigenvalue weighted by Crippen LogP contribution is 2.44. The fourth-order valence-corrected chi connectivity index (χ4v) is 4.60. The number of carbonyl (C=O) groups excluding carboxylic acids is 2. The molecule has 7 heteroatoms. The molecule has 0 radical (unpaired) electrons. The number of hydrogen-bond donors (Lipinski definition) is 0. The van der Waals surface area contributed by atoms with Gasteiger partial charge in [0.25, 0.3) is 0 Å². The number of carbonyl (C=O) groups is 2. The summed E-state index contributed by atoms with van der Waals surface area (Å²) in [5.41, 5.74) is 1.92. The summed E-state index contributed by atoms with van der Waals surface area (Å²) in [6, 6.07) is 7.44. The van der Waals surface area contributed by atoms with Gasteiger partial charge >= 0.3 is 5.97 Å². The number of aliphatic imine (C=N–C) groups is 1. The number of amidine groups is 1. The maximum Gasteiger partial charge on any atom is 0.338 e. The van der Waals surface area contributed by atoms with Crippen molar-refractivity contribution >= 4 is 40.6 Å². The van der Waals surface area contributed by atoms with E-state index < -0.39 is 12.0 Å². The summed E-state index contributed by atoms with van der Waals surface area (Å²) in [5.74, 6) is -0.448. The lowest BCUT2D eigenvalue weighted by Crippen LogP contribution is -2.40. The number of allylic oxidation sites excluding steroid dienone is 1. The Kier molecular flexibility index (Phi) is 5.24. The van der Waals surface area contributed by atoms with Gasteiger partial charge in [-0.15, -0.1) is 11.8 Å². The molecule has 3 rings (SSSR count). The van der Waals surface area contributed by atoms with Gasteiger partial charge in [0.05, 0.1) is 29.7 Å². The molecule has 2 heterocycles. The molecule has 2 atom stereocenters. The van der Waals surface area contributed by atoms with Crippen LogP contribution >= 0.6 is 23.5 Å². The quantitative estimate of drug-likeness (QED) is 0.593. The lowest BCUT2D eigenvalue weighted by Gasteiger charge is -2.32. The zero-order valence-electron chi connectivity index (χ0n) is 14.6. The van der Waals surface area contributed by atoms with Gasteiger partial charge in [0.15, 0.2) is 5.17 Å². The fraction of sp³-hybridized carbons (Fsp3) is 0.389. The molecular formula is C18H20N2O3S2. The standard InChI is InChI=1S/C18H20N2O3S2/c1-5-13-16(21)20-15(11-6-8-12(24-4)9-7-11)14(17(22)23-3)10(2)19-18(20)25-13/h6-9,13,15H,5H2,1-4H3/t13-,15-/m1/s1. The highest BCUT2D eigenvalue weighted by molar-refractivity contribution is 8.15. The Balaban J connectivity index is 2.12. The minimum Gasteiger partial charge on any atom is -0.466 e. The summed E-state index contributed by atoms with van der Waals surface area (Å²) in [6.45, 7) is 3.78. The van der Waals surface area contributed by atoms with Crippen LogP contribution in [0.15, 0.2) is 45.4 Å². The Morgan fingerprint density at radius 1 is 1.36 bits per heavy atom. The van der Waals surface area contributed by atoms with Crippen LogP contribution in [0, 0.1) is 0 Å². The molecule has 1 amide bonds. The van der Waals surface area contributed by atoms with Crippen molar-refractivity contribution in [1.29, 1.82) is 0 Å². The molecule has 1 aromatic carbocycles. The van der Waals surface area contributed by atoms with Gasteiger partial charge in [-0.1, -0.05) is 30.8 Å². The molecule has 0 N–H and O–H groups in total. The number of fused-ring (bicyclic) bond motifs is 1. The van der Waals surface area contributed by atoms with E-state index >= 15 is 0 Å². The average Bonchev–Trinajstić information content (AvgIpc) is 2.95. The van der Waals surface area contributed by atoms with E-state index in [-0.39, 0.29) is 11.2 Å². The Hall–Kier alpha value is -1.73. The monoisotopic (exact) mass is 376 g/mol. The summed E-state index contributed by atoms with van der Waals surface area (Å²) in [4.78, 5) is 32.6. The van der Waals surface area contributed by atoms with E-state index in [9.17, 15) is 9.59 Å². The van der Waals surface area contributed by atoms with Gasteiger partial charge in [-0.3, -0.25) is 9.69 Å². The van der Waals surface area contributed by atoms with Crippen LogP contribution in [-0.2, 0) is 14.3 Å². The third-order valence-corrected chi connectivity index (χ3v) is 6.42. The van der Waals surface area contributed by atoms with Gasteiger partial charge in [0.2, 0.25) is 5.91 Å². The van der Waals surface area contributed by atoms with Crippen LogP contribution < -0.4 is 0 Å². The van der Waals surface area contributed by atoms with E-state index in [2.05, 4.69) is 4.99 Å². The Morgan fingerprint density at radius 2 is 2.04 bits per heavy atom. The third-order valence-electron chi connectivity index (χ3n) is 4.36. The van der Waals surface area contributed by atoms with Gasteiger partial charge in [-0.05, 0) is 37.3 Å². The molecule has 0 aliphatic carbocycles. The molecule has 0 saturated carbocycles. The number of methoxy groups -OCH3 is 1. The summed E-state index contributed by atoms with van der Waals surface area (Å²) < 4.78 is 4.98. The molecule has 0 spiro atoms. The number of amides is 1. The number of rotatable bonds is 4. The van der Waals surface area contributed by atoms with Gasteiger partial charge in [-0.25, -0.2) is 9.79 Å². The first kappa shape index (κ1) is 18.1. The van der Waals surface area contributed by atoms with Crippen molar-refractivity contribution in [3.8, 4) is 0 Å². The Morgan fingerprint density at radius 3 is 2.60 bits per heavy atom. The number of nitrogens with zero attached hydrogens (tertiary/aromatic N) is 2. The molecule has 25 heavy (non-hydrogen) atoms. The van der Waals surface area contributed by atoms with Crippen molar-refractivity contribution in [1.82, 2.24) is 4.90 Å². The van der Waals surface area contributed by atoms with E-state index in [1.807, 2.05) is 37.4 Å². The number of esters is 1. The van der Waals surface area contributed by atoms with Crippen molar-refractivity contribution in [2.45, 2.75) is 36.5 Å². The molecule has 0 bridgehead atoms. The fourth-order valence-electron chi connectivity index (χ4n) is 3.06. The van der Waals surface area contributed by atoms with Crippen LogP contribution in [0.25, 0.3) is 0 Å². The molecular weight excluding hydrogens is 356 g/mol. The highest BCUT2D eigenvalue weighted by atomic mass is 32.2. The predicted molar refractivity (Wildman–Crippen MR) is 102 cm³/mol. The minimum atomic E-state index is -0.493. The van der Waals surface area contributed by atoms with E-state index in [0.29, 0.717) is 16.4 Å². The normalized spacial score (nSPS) is 22.8. The molecule has 5 nitrogen and oxygen atoms in total. The van der Waals surface area contributed by atoms with Crippen molar-refractivity contribution < 1.29 is 14.3 Å². The number of thioether (sulfide) groups is 2. The van der Waals surface area contributed by atoms with E-state index in [4.69, 9.17) is 4.74 Å². The van der Waals surface area contributed by atoms with Crippen LogP contribution in [0.1, 0.15) is 31.9 Å². The largest absolute Gasteiger partial charge is 0.466 e. The minimum absolute atomic E-state index is 0.000837. The van der Waals surface area contributed by atoms with E-state index in [0.717, 1.165) is 16.9 Å². The summed E-state index contributed by atoms with van der Waals surface area (Å²) >= 11 is 3.12. The third kappa shape index (κ3) is 3.11. The van der Waals surface area contributed by atoms with Gasteiger partial charge in [0, 0.05) is 4.90 Å². The van der Waals surface area contributed by atoms with Crippen molar-refractivity contribution in [2.75, 3.05) is 13.4 Å². The van der Waals surface area contributed by atoms with Crippen molar-refractivity contribution in [3.63, 3.8) is 0 Å². The summed E-state index contributed by atoms with van der Waals surface area (Å²) in [7, 11) is 1.35. The number of benzene rings is 1.